The van der Waals surface area contributed by atoms with Crippen LogP contribution in [0, 0.1) is 0 Å². The van der Waals surface area contributed by atoms with Crippen LogP contribution in [0.2, 0.25) is 0 Å². The van der Waals surface area contributed by atoms with Crippen molar-refractivity contribution in [3.63, 3.8) is 0 Å². The maximum atomic E-state index is 10.3. The normalized spacial score (nSPS) is 11.0. The first-order chi connectivity index (χ1) is 6.24. The minimum Gasteiger partial charge on any atom is -0.206 e. The van der Waals surface area contributed by atoms with Crippen LogP contribution in [0.4, 0.5) is 0 Å². The van der Waals surface area contributed by atoms with E-state index in [-0.39, 0.29) is 0 Å². The van der Waals surface area contributed by atoms with Gasteiger partial charge in [0.25, 0.3) is 6.08 Å². The Hall–Kier alpha value is -0.660. The number of carbonyl (C=O) groups excluding carboxylic acids is 1. The van der Waals surface area contributed by atoms with Crippen molar-refractivity contribution >= 4 is 6.08 Å². The molecular weight excluding hydrogens is 164 g/mol. The quantitative estimate of drug-likeness (QED) is 0.259. The zero-order valence-electron chi connectivity index (χ0n) is 9.05. The molecule has 0 rings (SSSR count). The van der Waals surface area contributed by atoms with Crippen LogP contribution < -0.4 is 0 Å². The molecule has 0 aliphatic heterocycles. The van der Waals surface area contributed by atoms with Gasteiger partial charge in [-0.2, -0.15) is 4.59 Å². The highest BCUT2D eigenvalue weighted by molar-refractivity contribution is 5.31. The first kappa shape index (κ1) is 12.3. The lowest BCUT2D eigenvalue weighted by atomic mass is 10.3. The third-order valence-electron chi connectivity index (χ3n) is 2.17. The number of nitrogens with zero attached hydrogens (tertiary/aromatic N) is 2. The number of quaternary nitrogens is 1. The van der Waals surface area contributed by atoms with Crippen LogP contribution in [0.3, 0.4) is 0 Å². The Labute approximate surface area is 81.0 Å². The maximum Gasteiger partial charge on any atom is 0.294 e. The summed E-state index contributed by atoms with van der Waals surface area (Å²) in [5.41, 5.74) is 0. The second kappa shape index (κ2) is 6.81. The van der Waals surface area contributed by atoms with Gasteiger partial charge in [0.2, 0.25) is 0 Å². The molecule has 0 aromatic heterocycles. The molecule has 0 unspecified atom stereocenters. The Bertz CT molecular complexity index is 157. The molecule has 0 N–H and O–H groups in total. The van der Waals surface area contributed by atoms with Crippen molar-refractivity contribution < 1.29 is 9.39 Å². The number of isocyanates is 1. The minimum atomic E-state index is 0.576. The molecule has 0 aliphatic carbocycles. The third-order valence-corrected chi connectivity index (χ3v) is 2.17. The monoisotopic (exact) mass is 185 g/mol. The zero-order chi connectivity index (χ0) is 10.2. The van der Waals surface area contributed by atoms with Crippen LogP contribution in [0.1, 0.15) is 40.0 Å². The molecule has 0 aromatic rings. The molecule has 0 aliphatic rings. The van der Waals surface area contributed by atoms with Gasteiger partial charge in [0.15, 0.2) is 0 Å². The van der Waals surface area contributed by atoms with Crippen LogP contribution >= 0.6 is 0 Å². The summed E-state index contributed by atoms with van der Waals surface area (Å²) in [4.78, 5) is 10.3. The fourth-order valence-electron chi connectivity index (χ4n) is 1.82. The SMILES string of the molecule is CCC[N+](CCC)(CCC)N=C=O. The molecule has 0 saturated carbocycles. The van der Waals surface area contributed by atoms with E-state index in [1.165, 1.54) is 0 Å². The Morgan fingerprint density at radius 2 is 1.38 bits per heavy atom. The second-order valence-electron chi connectivity index (χ2n) is 3.46. The van der Waals surface area contributed by atoms with Crippen molar-refractivity contribution in [1.82, 2.24) is 0 Å². The summed E-state index contributed by atoms with van der Waals surface area (Å²) < 4.78 is 0.576. The predicted molar refractivity (Wildman–Crippen MR) is 53.9 cm³/mol. The molecule has 0 atom stereocenters. The largest absolute Gasteiger partial charge is 0.294 e. The van der Waals surface area contributed by atoms with E-state index in [1.807, 2.05) is 0 Å². The first-order valence-electron chi connectivity index (χ1n) is 5.20. The van der Waals surface area contributed by atoms with Gasteiger partial charge in [-0.05, 0) is 19.3 Å². The van der Waals surface area contributed by atoms with Gasteiger partial charge in [-0.3, -0.25) is 0 Å². The molecule has 0 bridgehead atoms. The molecular formula is C10H21N2O+. The van der Waals surface area contributed by atoms with Crippen LogP contribution in [-0.4, -0.2) is 30.3 Å². The highest BCUT2D eigenvalue weighted by Gasteiger charge is 2.24. The maximum absolute atomic E-state index is 10.3. The molecule has 0 spiro atoms. The molecule has 0 saturated heterocycles. The minimum absolute atomic E-state index is 0.576. The van der Waals surface area contributed by atoms with Crippen LogP contribution in [0.5, 0.6) is 0 Å². The summed E-state index contributed by atoms with van der Waals surface area (Å²) in [6.45, 7) is 9.24. The molecule has 0 fully saturated rings. The summed E-state index contributed by atoms with van der Waals surface area (Å²) in [5.74, 6) is 0. The van der Waals surface area contributed by atoms with Gasteiger partial charge in [-0.25, -0.2) is 4.79 Å². The van der Waals surface area contributed by atoms with Gasteiger partial charge in [0, 0.05) is 5.10 Å². The van der Waals surface area contributed by atoms with E-state index in [4.69, 9.17) is 0 Å². The van der Waals surface area contributed by atoms with E-state index in [0.29, 0.717) is 4.59 Å². The highest BCUT2D eigenvalue weighted by atomic mass is 16.1. The van der Waals surface area contributed by atoms with E-state index in [0.717, 1.165) is 38.9 Å². The molecule has 0 amide bonds. The van der Waals surface area contributed by atoms with Gasteiger partial charge in [-0.15, -0.1) is 0 Å². The molecule has 3 nitrogen and oxygen atoms in total. The van der Waals surface area contributed by atoms with Crippen molar-refractivity contribution in [1.29, 1.82) is 0 Å². The average molecular weight is 185 g/mol. The lowest BCUT2D eigenvalue weighted by molar-refractivity contribution is -0.934. The van der Waals surface area contributed by atoms with Crippen molar-refractivity contribution in [2.45, 2.75) is 40.0 Å². The van der Waals surface area contributed by atoms with Crippen LogP contribution in [-0.2, 0) is 4.79 Å². The topological polar surface area (TPSA) is 29.4 Å². The first-order valence-corrected chi connectivity index (χ1v) is 5.20. The van der Waals surface area contributed by atoms with Crippen molar-refractivity contribution in [3.05, 3.63) is 0 Å². The van der Waals surface area contributed by atoms with Crippen molar-refractivity contribution in [2.75, 3.05) is 19.6 Å². The van der Waals surface area contributed by atoms with E-state index >= 15 is 0 Å². The van der Waals surface area contributed by atoms with Crippen LogP contribution in [0.25, 0.3) is 0 Å². The summed E-state index contributed by atoms with van der Waals surface area (Å²) in [7, 11) is 0. The van der Waals surface area contributed by atoms with Gasteiger partial charge >= 0.3 is 0 Å². The van der Waals surface area contributed by atoms with Crippen LogP contribution in [0.15, 0.2) is 5.10 Å². The third kappa shape index (κ3) is 4.20. The summed E-state index contributed by atoms with van der Waals surface area (Å²) in [6, 6.07) is 0. The molecule has 0 radical (unpaired) electrons. The molecule has 0 aromatic carbocycles. The summed E-state index contributed by atoms with van der Waals surface area (Å²) in [6.07, 6.45) is 4.89. The standard InChI is InChI=1S/C10H21N2O/c1-4-7-12(8-5-2,9-6-3)11-10-13/h4-9H2,1-3H3/q+1. The van der Waals surface area contributed by atoms with Crippen molar-refractivity contribution in [2.24, 2.45) is 5.10 Å². The lowest BCUT2D eigenvalue weighted by Gasteiger charge is -2.29. The fourth-order valence-corrected chi connectivity index (χ4v) is 1.82. The Balaban J connectivity index is 4.46. The van der Waals surface area contributed by atoms with Gasteiger partial charge in [0.1, 0.15) is 19.6 Å². The van der Waals surface area contributed by atoms with E-state index in [9.17, 15) is 4.79 Å². The highest BCUT2D eigenvalue weighted by Crippen LogP contribution is 2.11. The molecule has 13 heavy (non-hydrogen) atoms. The zero-order valence-corrected chi connectivity index (χ0v) is 9.05. The predicted octanol–water partition coefficient (Wildman–Crippen LogP) is 2.28. The number of hydrogen-bond acceptors (Lipinski definition) is 2. The summed E-state index contributed by atoms with van der Waals surface area (Å²) >= 11 is 0. The molecule has 0 heterocycles. The number of rotatable bonds is 7. The summed E-state index contributed by atoms with van der Waals surface area (Å²) in [5, 5.41) is 3.96. The molecule has 76 valence electrons. The number of hydrogen-bond donors (Lipinski definition) is 0. The lowest BCUT2D eigenvalue weighted by Crippen LogP contribution is -2.44. The van der Waals surface area contributed by atoms with Crippen molar-refractivity contribution in [3.8, 4) is 0 Å². The van der Waals surface area contributed by atoms with E-state index in [2.05, 4.69) is 25.9 Å². The average Bonchev–Trinajstić information content (AvgIpc) is 2.06. The second-order valence-corrected chi connectivity index (χ2v) is 3.46. The van der Waals surface area contributed by atoms with Gasteiger partial charge in [-0.1, -0.05) is 20.8 Å². The van der Waals surface area contributed by atoms with E-state index < -0.39 is 0 Å². The van der Waals surface area contributed by atoms with E-state index in [1.54, 1.807) is 6.08 Å². The Morgan fingerprint density at radius 3 is 1.62 bits per heavy atom. The molecule has 3 heteroatoms. The fraction of sp³-hybridized carbons (Fsp3) is 0.900. The van der Waals surface area contributed by atoms with Gasteiger partial charge in [0.05, 0.1) is 0 Å². The Morgan fingerprint density at radius 1 is 1.00 bits per heavy atom. The smallest absolute Gasteiger partial charge is 0.206 e. The Kier molecular flexibility index (Phi) is 6.47. The van der Waals surface area contributed by atoms with Gasteiger partial charge < -0.3 is 0 Å².